The van der Waals surface area contributed by atoms with E-state index in [-0.39, 0.29) is 12.1 Å². The van der Waals surface area contributed by atoms with E-state index in [9.17, 15) is 0 Å². The van der Waals surface area contributed by atoms with Crippen molar-refractivity contribution >= 4 is 22.9 Å². The van der Waals surface area contributed by atoms with E-state index in [1.54, 1.807) is 6.33 Å². The number of benzene rings is 2. The third-order valence-electron chi connectivity index (χ3n) is 5.91. The van der Waals surface area contributed by atoms with Gasteiger partial charge in [0.25, 0.3) is 0 Å². The van der Waals surface area contributed by atoms with Crippen molar-refractivity contribution in [1.82, 2.24) is 9.97 Å². The SMILES string of the molecule is C=CC1c2ccccc2N2c3cncnc3N(c3ccccc3C)C2C1C. The molecule has 134 valence electrons. The second-order valence-corrected chi connectivity index (χ2v) is 7.35. The Kier molecular flexibility index (Phi) is 3.54. The normalized spacial score (nSPS) is 22.8. The standard InChI is InChI=1S/C23H22N4/c1-4-17-16(3)23-26(20-12-8-6-10-18(17)20)21-13-24-14-25-22(21)27(23)19-11-7-5-9-15(19)2/h4-14,16-17,23H,1H2,2-3H3. The molecule has 4 nitrogen and oxygen atoms in total. The highest BCUT2D eigenvalue weighted by atomic mass is 15.5. The van der Waals surface area contributed by atoms with Crippen molar-refractivity contribution in [3.63, 3.8) is 0 Å². The maximum Gasteiger partial charge on any atom is 0.162 e. The largest absolute Gasteiger partial charge is 0.315 e. The molecule has 0 saturated carbocycles. The molecule has 3 aromatic rings. The summed E-state index contributed by atoms with van der Waals surface area (Å²) in [6, 6.07) is 17.1. The number of aryl methyl sites for hydroxylation is 1. The number of hydrogen-bond donors (Lipinski definition) is 0. The third-order valence-corrected chi connectivity index (χ3v) is 5.91. The Morgan fingerprint density at radius 3 is 2.48 bits per heavy atom. The van der Waals surface area contributed by atoms with E-state index >= 15 is 0 Å². The topological polar surface area (TPSA) is 32.3 Å². The third kappa shape index (κ3) is 2.16. The molecule has 0 aliphatic carbocycles. The van der Waals surface area contributed by atoms with Crippen LogP contribution in [0, 0.1) is 12.8 Å². The first kappa shape index (κ1) is 16.1. The van der Waals surface area contributed by atoms with E-state index in [0.717, 1.165) is 11.5 Å². The average Bonchev–Trinajstić information content (AvgIpc) is 3.05. The summed E-state index contributed by atoms with van der Waals surface area (Å²) in [4.78, 5) is 13.8. The first-order chi connectivity index (χ1) is 13.2. The first-order valence-corrected chi connectivity index (χ1v) is 9.38. The zero-order valence-corrected chi connectivity index (χ0v) is 15.6. The molecule has 0 fully saturated rings. The molecule has 0 bridgehead atoms. The maximum atomic E-state index is 4.69. The van der Waals surface area contributed by atoms with Crippen molar-refractivity contribution in [3.8, 4) is 0 Å². The van der Waals surface area contributed by atoms with Gasteiger partial charge in [0.05, 0.1) is 6.20 Å². The van der Waals surface area contributed by atoms with Gasteiger partial charge in [0.1, 0.15) is 18.2 Å². The van der Waals surface area contributed by atoms with E-state index in [0.29, 0.717) is 5.92 Å². The van der Waals surface area contributed by atoms with Crippen LogP contribution in [0.5, 0.6) is 0 Å². The fraction of sp³-hybridized carbons (Fsp3) is 0.217. The van der Waals surface area contributed by atoms with E-state index in [2.05, 4.69) is 94.8 Å². The summed E-state index contributed by atoms with van der Waals surface area (Å²) in [5.74, 6) is 1.60. The van der Waals surface area contributed by atoms with E-state index in [4.69, 9.17) is 0 Å². The molecule has 3 unspecified atom stereocenters. The van der Waals surface area contributed by atoms with Crippen LogP contribution in [0.15, 0.2) is 73.7 Å². The van der Waals surface area contributed by atoms with Gasteiger partial charge in [-0.2, -0.15) is 0 Å². The van der Waals surface area contributed by atoms with Crippen molar-refractivity contribution < 1.29 is 0 Å². The van der Waals surface area contributed by atoms with E-state index in [1.807, 2.05) is 6.20 Å². The lowest BCUT2D eigenvalue weighted by Crippen LogP contribution is -2.48. The minimum atomic E-state index is 0.135. The van der Waals surface area contributed by atoms with Gasteiger partial charge in [-0.05, 0) is 30.2 Å². The van der Waals surface area contributed by atoms with Gasteiger partial charge in [0, 0.05) is 23.2 Å². The van der Waals surface area contributed by atoms with Crippen LogP contribution in [-0.4, -0.2) is 16.1 Å². The van der Waals surface area contributed by atoms with Crippen LogP contribution < -0.4 is 9.80 Å². The Morgan fingerprint density at radius 1 is 0.963 bits per heavy atom. The maximum absolute atomic E-state index is 4.69. The van der Waals surface area contributed by atoms with Gasteiger partial charge in [0.2, 0.25) is 0 Å². The Balaban J connectivity index is 1.79. The highest BCUT2D eigenvalue weighted by Gasteiger charge is 2.48. The number of anilines is 4. The number of allylic oxidation sites excluding steroid dienone is 1. The summed E-state index contributed by atoms with van der Waals surface area (Å²) in [5, 5.41) is 0. The molecule has 0 spiro atoms. The number of fused-ring (bicyclic) bond motifs is 5. The molecule has 3 heterocycles. The van der Waals surface area contributed by atoms with Gasteiger partial charge in [-0.3, -0.25) is 0 Å². The molecule has 2 aliphatic heterocycles. The summed E-state index contributed by atoms with van der Waals surface area (Å²) in [7, 11) is 0. The molecule has 0 amide bonds. The minimum Gasteiger partial charge on any atom is -0.315 e. The van der Waals surface area contributed by atoms with Crippen molar-refractivity contribution in [2.24, 2.45) is 5.92 Å². The van der Waals surface area contributed by atoms with Gasteiger partial charge >= 0.3 is 0 Å². The number of rotatable bonds is 2. The molecule has 0 saturated heterocycles. The molecule has 4 heteroatoms. The van der Waals surface area contributed by atoms with Crippen LogP contribution in [-0.2, 0) is 0 Å². The van der Waals surface area contributed by atoms with Crippen LogP contribution in [0.3, 0.4) is 0 Å². The van der Waals surface area contributed by atoms with Crippen LogP contribution in [0.25, 0.3) is 0 Å². The quantitative estimate of drug-likeness (QED) is 0.583. The summed E-state index contributed by atoms with van der Waals surface area (Å²) >= 11 is 0. The van der Waals surface area contributed by atoms with E-state index < -0.39 is 0 Å². The number of aromatic nitrogens is 2. The lowest BCUT2D eigenvalue weighted by Gasteiger charge is -2.45. The average molecular weight is 354 g/mol. The van der Waals surface area contributed by atoms with Gasteiger partial charge in [-0.1, -0.05) is 49.4 Å². The fourth-order valence-corrected chi connectivity index (χ4v) is 4.69. The van der Waals surface area contributed by atoms with Gasteiger partial charge < -0.3 is 9.80 Å². The molecule has 2 aliphatic rings. The molecule has 3 atom stereocenters. The summed E-state index contributed by atoms with van der Waals surface area (Å²) < 4.78 is 0. The van der Waals surface area contributed by atoms with Crippen LogP contribution >= 0.6 is 0 Å². The Hall–Kier alpha value is -3.14. The number of para-hydroxylation sites is 2. The molecule has 0 N–H and O–H groups in total. The Bertz CT molecular complexity index is 1030. The molecular formula is C23H22N4. The van der Waals surface area contributed by atoms with Crippen LogP contribution in [0.4, 0.5) is 22.9 Å². The summed E-state index contributed by atoms with van der Waals surface area (Å²) in [5.41, 5.74) is 6.03. The molecule has 2 aromatic carbocycles. The summed E-state index contributed by atoms with van der Waals surface area (Å²) in [6.07, 6.45) is 5.80. The predicted molar refractivity (Wildman–Crippen MR) is 110 cm³/mol. The van der Waals surface area contributed by atoms with Gasteiger partial charge in [-0.25, -0.2) is 9.97 Å². The van der Waals surface area contributed by atoms with Crippen molar-refractivity contribution in [2.75, 3.05) is 9.80 Å². The van der Waals surface area contributed by atoms with Crippen molar-refractivity contribution in [3.05, 3.63) is 84.8 Å². The molecule has 1 aromatic heterocycles. The molecule has 27 heavy (non-hydrogen) atoms. The monoisotopic (exact) mass is 354 g/mol. The van der Waals surface area contributed by atoms with Crippen LogP contribution in [0.1, 0.15) is 24.0 Å². The van der Waals surface area contributed by atoms with Gasteiger partial charge in [0.15, 0.2) is 5.82 Å². The van der Waals surface area contributed by atoms with Crippen molar-refractivity contribution in [2.45, 2.75) is 25.9 Å². The second kappa shape index (κ2) is 5.95. The number of hydrogen-bond acceptors (Lipinski definition) is 4. The molecule has 5 rings (SSSR count). The summed E-state index contributed by atoms with van der Waals surface area (Å²) in [6.45, 7) is 8.62. The van der Waals surface area contributed by atoms with Gasteiger partial charge in [-0.15, -0.1) is 6.58 Å². The fourth-order valence-electron chi connectivity index (χ4n) is 4.69. The second-order valence-electron chi connectivity index (χ2n) is 7.35. The molecule has 0 radical (unpaired) electrons. The Morgan fingerprint density at radius 2 is 1.70 bits per heavy atom. The highest BCUT2D eigenvalue weighted by molar-refractivity contribution is 5.88. The smallest absolute Gasteiger partial charge is 0.162 e. The first-order valence-electron chi connectivity index (χ1n) is 9.38. The molecular weight excluding hydrogens is 332 g/mol. The number of nitrogens with zero attached hydrogens (tertiary/aromatic N) is 4. The highest BCUT2D eigenvalue weighted by Crippen LogP contribution is 2.55. The van der Waals surface area contributed by atoms with Crippen LogP contribution in [0.2, 0.25) is 0 Å². The van der Waals surface area contributed by atoms with E-state index in [1.165, 1.54) is 22.5 Å². The van der Waals surface area contributed by atoms with Crippen molar-refractivity contribution in [1.29, 1.82) is 0 Å². The zero-order chi connectivity index (χ0) is 18.5. The minimum absolute atomic E-state index is 0.135. The zero-order valence-electron chi connectivity index (χ0n) is 15.6. The predicted octanol–water partition coefficient (Wildman–Crippen LogP) is 5.32. The Labute approximate surface area is 159 Å². The lowest BCUT2D eigenvalue weighted by atomic mass is 9.80. The lowest BCUT2D eigenvalue weighted by molar-refractivity contribution is 0.409.